The van der Waals surface area contributed by atoms with Gasteiger partial charge in [0.05, 0.1) is 30.6 Å². The number of carbonyl (C=O) groups excluding carboxylic acids is 1. The molecule has 27 heavy (non-hydrogen) atoms. The van der Waals surface area contributed by atoms with Crippen molar-refractivity contribution >= 4 is 11.7 Å². The van der Waals surface area contributed by atoms with Gasteiger partial charge in [-0.25, -0.2) is 9.97 Å². The number of rotatable bonds is 5. The van der Waals surface area contributed by atoms with Crippen molar-refractivity contribution in [2.24, 2.45) is 7.05 Å². The summed E-state index contributed by atoms with van der Waals surface area (Å²) in [6.45, 7) is 6.68. The molecule has 146 valence electrons. The summed E-state index contributed by atoms with van der Waals surface area (Å²) < 4.78 is 7.00. The van der Waals surface area contributed by atoms with Crippen LogP contribution in [-0.2, 0) is 28.6 Å². The largest absolute Gasteiger partial charge is 0.378 e. The highest BCUT2D eigenvalue weighted by Crippen LogP contribution is 2.28. The first kappa shape index (κ1) is 19.3. The second-order valence-corrected chi connectivity index (χ2v) is 8.03. The molecule has 0 radical (unpaired) electrons. The Kier molecular flexibility index (Phi) is 5.46. The van der Waals surface area contributed by atoms with Crippen molar-refractivity contribution in [1.82, 2.24) is 25.1 Å². The van der Waals surface area contributed by atoms with Gasteiger partial charge in [0.2, 0.25) is 5.91 Å². The highest BCUT2D eigenvalue weighted by Gasteiger charge is 2.31. The average molecular weight is 372 g/mol. The van der Waals surface area contributed by atoms with Gasteiger partial charge in [0.15, 0.2) is 0 Å². The Balaban J connectivity index is 1.89. The van der Waals surface area contributed by atoms with Crippen molar-refractivity contribution in [3.05, 3.63) is 35.5 Å². The molecule has 3 rings (SSSR count). The molecule has 2 aromatic heterocycles. The maximum atomic E-state index is 12.0. The third-order valence-electron chi connectivity index (χ3n) is 4.56. The molecule has 8 nitrogen and oxygen atoms in total. The number of nitrogens with zero attached hydrogens (tertiary/aromatic N) is 4. The number of aryl methyl sites for hydroxylation is 1. The number of hydrogen-bond acceptors (Lipinski definition) is 6. The molecule has 1 amide bonds. The van der Waals surface area contributed by atoms with Crippen LogP contribution in [0.3, 0.4) is 0 Å². The summed E-state index contributed by atoms with van der Waals surface area (Å²) in [5, 5.41) is 10.8. The topological polar surface area (TPSA) is 94.0 Å². The Labute approximate surface area is 159 Å². The second-order valence-electron chi connectivity index (χ2n) is 8.03. The van der Waals surface area contributed by atoms with E-state index in [1.54, 1.807) is 18.0 Å². The van der Waals surface area contributed by atoms with Crippen molar-refractivity contribution in [3.63, 3.8) is 0 Å². The molecule has 2 N–H and O–H groups in total. The number of methoxy groups -OCH3 is 1. The standard InChI is InChI=1S/C19H28N6O2/c1-19(2,3)18-21-13(11-27-5)8-15(23-18)22-14-6-7-16(26)24-17(14)12-9-20-25(4)10-12/h8-10,14,17H,6-7,11H2,1-5H3,(H,24,26)(H,21,22,23)/t14-,17+/m1/s1. The zero-order valence-corrected chi connectivity index (χ0v) is 16.6. The van der Waals surface area contributed by atoms with Crippen LogP contribution in [0.15, 0.2) is 18.5 Å². The van der Waals surface area contributed by atoms with Crippen molar-refractivity contribution in [2.75, 3.05) is 12.4 Å². The molecule has 8 heteroatoms. The fourth-order valence-corrected chi connectivity index (χ4v) is 3.19. The van der Waals surface area contributed by atoms with E-state index < -0.39 is 0 Å². The van der Waals surface area contributed by atoms with Crippen molar-refractivity contribution in [2.45, 2.75) is 57.7 Å². The van der Waals surface area contributed by atoms with Crippen LogP contribution in [0.2, 0.25) is 0 Å². The van der Waals surface area contributed by atoms with Crippen LogP contribution in [-0.4, -0.2) is 38.8 Å². The first-order chi connectivity index (χ1) is 12.8. The van der Waals surface area contributed by atoms with Crippen LogP contribution < -0.4 is 10.6 Å². The van der Waals surface area contributed by atoms with Crippen molar-refractivity contribution in [1.29, 1.82) is 0 Å². The van der Waals surface area contributed by atoms with Crippen LogP contribution in [0.1, 0.15) is 56.7 Å². The lowest BCUT2D eigenvalue weighted by Crippen LogP contribution is -2.45. The van der Waals surface area contributed by atoms with Gasteiger partial charge in [0.25, 0.3) is 0 Å². The van der Waals surface area contributed by atoms with E-state index in [0.717, 1.165) is 29.3 Å². The Bertz CT molecular complexity index is 811. The first-order valence-electron chi connectivity index (χ1n) is 9.18. The summed E-state index contributed by atoms with van der Waals surface area (Å²) in [6.07, 6.45) is 4.93. The van der Waals surface area contributed by atoms with Gasteiger partial charge in [-0.2, -0.15) is 5.10 Å². The minimum Gasteiger partial charge on any atom is -0.378 e. The molecule has 2 atom stereocenters. The number of carbonyl (C=O) groups is 1. The van der Waals surface area contributed by atoms with Crippen LogP contribution in [0.5, 0.6) is 0 Å². The van der Waals surface area contributed by atoms with E-state index in [0.29, 0.717) is 13.0 Å². The Morgan fingerprint density at radius 1 is 1.37 bits per heavy atom. The lowest BCUT2D eigenvalue weighted by molar-refractivity contribution is -0.123. The number of hydrogen-bond donors (Lipinski definition) is 2. The number of aromatic nitrogens is 4. The van der Waals surface area contributed by atoms with Gasteiger partial charge in [-0.1, -0.05) is 20.8 Å². The van der Waals surface area contributed by atoms with Crippen LogP contribution in [0, 0.1) is 0 Å². The van der Waals surface area contributed by atoms with Crippen molar-refractivity contribution < 1.29 is 9.53 Å². The molecule has 1 saturated heterocycles. The summed E-state index contributed by atoms with van der Waals surface area (Å²) in [5.41, 5.74) is 1.63. The van der Waals surface area contributed by atoms with E-state index in [1.165, 1.54) is 0 Å². The normalized spacial score (nSPS) is 20.4. The van der Waals surface area contributed by atoms with Gasteiger partial charge in [-0.3, -0.25) is 9.48 Å². The average Bonchev–Trinajstić information content (AvgIpc) is 3.02. The quantitative estimate of drug-likeness (QED) is 0.835. The number of amides is 1. The summed E-state index contributed by atoms with van der Waals surface area (Å²) in [4.78, 5) is 21.3. The molecule has 3 heterocycles. The van der Waals surface area contributed by atoms with E-state index >= 15 is 0 Å². The minimum absolute atomic E-state index is 0.0185. The molecule has 0 spiro atoms. The van der Waals surface area contributed by atoms with Gasteiger partial charge in [0, 0.05) is 43.8 Å². The molecule has 0 saturated carbocycles. The molecule has 0 bridgehead atoms. The van der Waals surface area contributed by atoms with E-state index in [1.807, 2.05) is 19.3 Å². The van der Waals surface area contributed by atoms with Gasteiger partial charge in [-0.05, 0) is 6.42 Å². The first-order valence-corrected chi connectivity index (χ1v) is 9.18. The fraction of sp³-hybridized carbons (Fsp3) is 0.579. The number of anilines is 1. The Morgan fingerprint density at radius 3 is 2.78 bits per heavy atom. The van der Waals surface area contributed by atoms with E-state index in [9.17, 15) is 4.79 Å². The Morgan fingerprint density at radius 2 is 2.15 bits per heavy atom. The lowest BCUT2D eigenvalue weighted by Gasteiger charge is -2.33. The number of nitrogens with one attached hydrogen (secondary N) is 2. The molecule has 1 aliphatic rings. The second kappa shape index (κ2) is 7.64. The zero-order chi connectivity index (χ0) is 19.6. The monoisotopic (exact) mass is 372 g/mol. The third kappa shape index (κ3) is 4.63. The van der Waals surface area contributed by atoms with Crippen LogP contribution >= 0.6 is 0 Å². The third-order valence-corrected chi connectivity index (χ3v) is 4.56. The SMILES string of the molecule is COCc1cc(N[C@@H]2CCC(=O)N[C@H]2c2cnn(C)c2)nc(C(C)(C)C)n1. The summed E-state index contributed by atoms with van der Waals surface area (Å²) in [7, 11) is 3.52. The van der Waals surface area contributed by atoms with Crippen LogP contribution in [0.4, 0.5) is 5.82 Å². The molecule has 0 aromatic carbocycles. The number of ether oxygens (including phenoxy) is 1. The van der Waals surface area contributed by atoms with Gasteiger partial charge in [-0.15, -0.1) is 0 Å². The molecular weight excluding hydrogens is 344 g/mol. The maximum absolute atomic E-state index is 12.0. The van der Waals surface area contributed by atoms with Gasteiger partial charge >= 0.3 is 0 Å². The molecule has 0 aliphatic carbocycles. The molecule has 1 fully saturated rings. The van der Waals surface area contributed by atoms with E-state index in [-0.39, 0.29) is 23.4 Å². The predicted molar refractivity (Wildman–Crippen MR) is 102 cm³/mol. The molecule has 1 aliphatic heterocycles. The van der Waals surface area contributed by atoms with Gasteiger partial charge in [0.1, 0.15) is 11.6 Å². The van der Waals surface area contributed by atoms with Crippen LogP contribution in [0.25, 0.3) is 0 Å². The fourth-order valence-electron chi connectivity index (χ4n) is 3.19. The van der Waals surface area contributed by atoms with E-state index in [2.05, 4.69) is 41.5 Å². The molecule has 0 unspecified atom stereocenters. The van der Waals surface area contributed by atoms with Crippen molar-refractivity contribution in [3.8, 4) is 0 Å². The highest BCUT2D eigenvalue weighted by atomic mass is 16.5. The highest BCUT2D eigenvalue weighted by molar-refractivity contribution is 5.77. The summed E-state index contributed by atoms with van der Waals surface area (Å²) in [6, 6.07) is 1.78. The predicted octanol–water partition coefficient (Wildman–Crippen LogP) is 2.09. The van der Waals surface area contributed by atoms with Gasteiger partial charge < -0.3 is 15.4 Å². The van der Waals surface area contributed by atoms with E-state index in [4.69, 9.17) is 9.72 Å². The summed E-state index contributed by atoms with van der Waals surface area (Å²) in [5.74, 6) is 1.56. The molecular formula is C19H28N6O2. The lowest BCUT2D eigenvalue weighted by atomic mass is 9.93. The number of piperidine rings is 1. The Hall–Kier alpha value is -2.48. The molecule has 2 aromatic rings. The summed E-state index contributed by atoms with van der Waals surface area (Å²) >= 11 is 0. The smallest absolute Gasteiger partial charge is 0.220 e. The maximum Gasteiger partial charge on any atom is 0.220 e. The minimum atomic E-state index is -0.177. The zero-order valence-electron chi connectivity index (χ0n) is 16.6.